The molecule has 2 fully saturated rings. The Bertz CT molecular complexity index is 494. The zero-order valence-electron chi connectivity index (χ0n) is 12.3. The molecule has 1 aromatic heterocycles. The van der Waals surface area contributed by atoms with Gasteiger partial charge in [-0.15, -0.1) is 0 Å². The van der Waals surface area contributed by atoms with E-state index in [9.17, 15) is 9.59 Å². The van der Waals surface area contributed by atoms with Gasteiger partial charge >= 0.3 is 0 Å². The summed E-state index contributed by atoms with van der Waals surface area (Å²) in [6.07, 6.45) is 7.29. The van der Waals surface area contributed by atoms with Crippen molar-refractivity contribution in [1.29, 1.82) is 0 Å². The molecule has 1 saturated heterocycles. The quantitative estimate of drug-likeness (QED) is 0.787. The molecule has 1 atom stereocenters. The minimum Gasteiger partial charge on any atom is -0.363 e. The van der Waals surface area contributed by atoms with Crippen molar-refractivity contribution in [1.82, 2.24) is 15.2 Å². The van der Waals surface area contributed by atoms with E-state index in [0.717, 1.165) is 44.3 Å². The normalized spacial score (nSPS) is 21.5. The summed E-state index contributed by atoms with van der Waals surface area (Å²) in [4.78, 5) is 29.0. The second-order valence-corrected chi connectivity index (χ2v) is 6.04. The van der Waals surface area contributed by atoms with Crippen molar-refractivity contribution in [3.8, 4) is 0 Å². The number of aromatic nitrogens is 1. The van der Waals surface area contributed by atoms with Crippen molar-refractivity contribution in [2.45, 2.75) is 44.6 Å². The Morgan fingerprint density at radius 3 is 2.90 bits per heavy atom. The van der Waals surface area contributed by atoms with Crippen LogP contribution in [-0.4, -0.2) is 34.8 Å². The van der Waals surface area contributed by atoms with E-state index in [1.54, 1.807) is 0 Å². The molecule has 5 heteroatoms. The number of aromatic amines is 1. The largest absolute Gasteiger partial charge is 0.363 e. The summed E-state index contributed by atoms with van der Waals surface area (Å²) in [5.41, 5.74) is 1.13. The molecular weight excluding hydrogens is 266 g/mol. The van der Waals surface area contributed by atoms with Crippen molar-refractivity contribution >= 4 is 11.8 Å². The lowest BCUT2D eigenvalue weighted by molar-refractivity contribution is -0.132. The topological polar surface area (TPSA) is 65.2 Å². The molecule has 0 aromatic carbocycles. The predicted octanol–water partition coefficient (Wildman–Crippen LogP) is 1.98. The molecule has 3 rings (SSSR count). The standard InChI is InChI=1S/C16H23N3O2/c20-15(6-2-10-18-16(21)12-7-8-12)19-11-3-5-14(19)13-4-1-9-17-13/h1,4,9,12,14,17H,2-3,5-8,10-11H2,(H,18,21). The summed E-state index contributed by atoms with van der Waals surface area (Å²) in [6.45, 7) is 1.46. The number of H-pyrrole nitrogens is 1. The van der Waals surface area contributed by atoms with Crippen LogP contribution in [0.1, 0.15) is 50.3 Å². The van der Waals surface area contributed by atoms with Crippen LogP contribution in [0.2, 0.25) is 0 Å². The molecule has 21 heavy (non-hydrogen) atoms. The second kappa shape index (κ2) is 6.33. The van der Waals surface area contributed by atoms with Crippen LogP contribution in [-0.2, 0) is 9.59 Å². The molecule has 2 N–H and O–H groups in total. The van der Waals surface area contributed by atoms with E-state index in [2.05, 4.69) is 10.3 Å². The van der Waals surface area contributed by atoms with E-state index >= 15 is 0 Å². The first-order chi connectivity index (χ1) is 10.3. The van der Waals surface area contributed by atoms with E-state index in [1.807, 2.05) is 23.2 Å². The maximum Gasteiger partial charge on any atom is 0.223 e. The van der Waals surface area contributed by atoms with Gasteiger partial charge in [0.1, 0.15) is 0 Å². The minimum absolute atomic E-state index is 0.160. The average molecular weight is 289 g/mol. The lowest BCUT2D eigenvalue weighted by Gasteiger charge is -2.24. The molecule has 2 heterocycles. The van der Waals surface area contributed by atoms with Crippen LogP contribution in [0.5, 0.6) is 0 Å². The van der Waals surface area contributed by atoms with E-state index in [1.165, 1.54) is 0 Å². The molecule has 1 unspecified atom stereocenters. The van der Waals surface area contributed by atoms with Crippen molar-refractivity contribution in [3.05, 3.63) is 24.0 Å². The van der Waals surface area contributed by atoms with Crippen LogP contribution in [0.15, 0.2) is 18.3 Å². The maximum atomic E-state index is 12.3. The Kier molecular flexibility index (Phi) is 4.27. The maximum absolute atomic E-state index is 12.3. The van der Waals surface area contributed by atoms with Crippen LogP contribution in [0.25, 0.3) is 0 Å². The van der Waals surface area contributed by atoms with Crippen LogP contribution in [0.4, 0.5) is 0 Å². The predicted molar refractivity (Wildman–Crippen MR) is 79.4 cm³/mol. The number of carbonyl (C=O) groups excluding carboxylic acids is 2. The first-order valence-corrected chi connectivity index (χ1v) is 7.96. The van der Waals surface area contributed by atoms with Gasteiger partial charge in [-0.3, -0.25) is 9.59 Å². The minimum atomic E-state index is 0.160. The monoisotopic (exact) mass is 289 g/mol. The third-order valence-corrected chi connectivity index (χ3v) is 4.37. The van der Waals surface area contributed by atoms with Gasteiger partial charge in [0.15, 0.2) is 0 Å². The number of likely N-dealkylation sites (tertiary alicyclic amines) is 1. The fourth-order valence-electron chi connectivity index (χ4n) is 3.02. The summed E-state index contributed by atoms with van der Waals surface area (Å²) in [6, 6.07) is 4.23. The Morgan fingerprint density at radius 1 is 1.33 bits per heavy atom. The third-order valence-electron chi connectivity index (χ3n) is 4.37. The third kappa shape index (κ3) is 3.46. The molecular formula is C16H23N3O2. The molecule has 5 nitrogen and oxygen atoms in total. The Balaban J connectivity index is 1.42. The van der Waals surface area contributed by atoms with Crippen LogP contribution in [0.3, 0.4) is 0 Å². The zero-order chi connectivity index (χ0) is 14.7. The van der Waals surface area contributed by atoms with Gasteiger partial charge in [0, 0.05) is 37.3 Å². The average Bonchev–Trinajstić information content (AvgIpc) is 3.01. The smallest absolute Gasteiger partial charge is 0.223 e. The molecule has 2 amide bonds. The summed E-state index contributed by atoms with van der Waals surface area (Å²) >= 11 is 0. The van der Waals surface area contributed by atoms with Crippen LogP contribution >= 0.6 is 0 Å². The number of nitrogens with one attached hydrogen (secondary N) is 2. The van der Waals surface area contributed by atoms with E-state index < -0.39 is 0 Å². The Labute approximate surface area is 125 Å². The van der Waals surface area contributed by atoms with Crippen molar-refractivity contribution in [3.63, 3.8) is 0 Å². The number of hydrogen-bond acceptors (Lipinski definition) is 2. The lowest BCUT2D eigenvalue weighted by Crippen LogP contribution is -2.32. The van der Waals surface area contributed by atoms with Gasteiger partial charge in [0.25, 0.3) is 0 Å². The van der Waals surface area contributed by atoms with Crippen LogP contribution < -0.4 is 5.32 Å². The summed E-state index contributed by atoms with van der Waals surface area (Å²) < 4.78 is 0. The molecule has 1 aliphatic carbocycles. The highest BCUT2D eigenvalue weighted by atomic mass is 16.2. The number of carbonyl (C=O) groups is 2. The van der Waals surface area contributed by atoms with Crippen molar-refractivity contribution in [2.75, 3.05) is 13.1 Å². The first-order valence-electron chi connectivity index (χ1n) is 7.96. The molecule has 1 aromatic rings. The fraction of sp³-hybridized carbons (Fsp3) is 0.625. The van der Waals surface area contributed by atoms with Gasteiger partial charge in [0.05, 0.1) is 6.04 Å². The van der Waals surface area contributed by atoms with Gasteiger partial charge in [-0.25, -0.2) is 0 Å². The molecule has 0 bridgehead atoms. The van der Waals surface area contributed by atoms with E-state index in [0.29, 0.717) is 13.0 Å². The van der Waals surface area contributed by atoms with Crippen molar-refractivity contribution < 1.29 is 9.59 Å². The van der Waals surface area contributed by atoms with Crippen molar-refractivity contribution in [2.24, 2.45) is 5.92 Å². The number of amides is 2. The molecule has 2 aliphatic rings. The molecule has 0 spiro atoms. The highest BCUT2D eigenvalue weighted by Crippen LogP contribution is 2.31. The Hall–Kier alpha value is -1.78. The van der Waals surface area contributed by atoms with Gasteiger partial charge in [-0.1, -0.05) is 0 Å². The fourth-order valence-corrected chi connectivity index (χ4v) is 3.02. The van der Waals surface area contributed by atoms with Gasteiger partial charge in [-0.05, 0) is 44.2 Å². The highest BCUT2D eigenvalue weighted by Gasteiger charge is 2.31. The Morgan fingerprint density at radius 2 is 2.19 bits per heavy atom. The summed E-state index contributed by atoms with van der Waals surface area (Å²) in [5.74, 6) is 0.609. The van der Waals surface area contributed by atoms with E-state index in [4.69, 9.17) is 0 Å². The summed E-state index contributed by atoms with van der Waals surface area (Å²) in [7, 11) is 0. The molecule has 1 aliphatic heterocycles. The van der Waals surface area contributed by atoms with Gasteiger partial charge in [0.2, 0.25) is 11.8 Å². The number of hydrogen-bond donors (Lipinski definition) is 2. The highest BCUT2D eigenvalue weighted by molar-refractivity contribution is 5.81. The first kappa shape index (κ1) is 14.2. The SMILES string of the molecule is O=C(NCCCC(=O)N1CCCC1c1ccc[nH]1)C1CC1. The van der Waals surface area contributed by atoms with Crippen LogP contribution in [0, 0.1) is 5.92 Å². The van der Waals surface area contributed by atoms with E-state index in [-0.39, 0.29) is 23.8 Å². The second-order valence-electron chi connectivity index (χ2n) is 6.04. The van der Waals surface area contributed by atoms with Gasteiger partial charge in [-0.2, -0.15) is 0 Å². The number of rotatable bonds is 6. The zero-order valence-corrected chi connectivity index (χ0v) is 12.3. The molecule has 1 saturated carbocycles. The summed E-state index contributed by atoms with van der Waals surface area (Å²) in [5, 5.41) is 2.91. The van der Waals surface area contributed by atoms with Gasteiger partial charge < -0.3 is 15.2 Å². The number of nitrogens with zero attached hydrogens (tertiary/aromatic N) is 1. The molecule has 0 radical (unpaired) electrons. The lowest BCUT2D eigenvalue weighted by atomic mass is 10.1. The molecule has 114 valence electrons.